The second kappa shape index (κ2) is 28.3. The van der Waals surface area contributed by atoms with Crippen LogP contribution in [0.1, 0.15) is 208 Å². The summed E-state index contributed by atoms with van der Waals surface area (Å²) in [6.07, 6.45) is 17.4. The van der Waals surface area contributed by atoms with Crippen molar-refractivity contribution in [3.05, 3.63) is 142 Å². The zero-order valence-electron chi connectivity index (χ0n) is 45.7. The molecule has 72 heavy (non-hydrogen) atoms. The van der Waals surface area contributed by atoms with Crippen LogP contribution >= 0.6 is 0 Å². The summed E-state index contributed by atoms with van der Waals surface area (Å²) in [6.45, 7) is 22.7. The first-order valence-electron chi connectivity index (χ1n) is 27.3. The molecule has 0 aliphatic heterocycles. The van der Waals surface area contributed by atoms with E-state index in [2.05, 4.69) is 118 Å². The number of benzene rings is 4. The summed E-state index contributed by atoms with van der Waals surface area (Å²) in [4.78, 5) is 50.9. The van der Waals surface area contributed by atoms with Crippen LogP contribution in [0.15, 0.2) is 97.1 Å². The summed E-state index contributed by atoms with van der Waals surface area (Å²) in [5.41, 5.74) is 7.04. The molecule has 0 bridgehead atoms. The van der Waals surface area contributed by atoms with Gasteiger partial charge in [-0.15, -0.1) is 0 Å². The van der Waals surface area contributed by atoms with Gasteiger partial charge in [0.25, 0.3) is 0 Å². The zero-order chi connectivity index (χ0) is 52.3. The van der Waals surface area contributed by atoms with Crippen LogP contribution in [0.5, 0.6) is 0 Å². The largest absolute Gasteiger partial charge is 0.462 e. The molecule has 0 N–H and O–H groups in total. The lowest BCUT2D eigenvalue weighted by molar-refractivity contribution is -0.0112. The third kappa shape index (κ3) is 19.3. The van der Waals surface area contributed by atoms with Crippen LogP contribution in [0.4, 0.5) is 0 Å². The van der Waals surface area contributed by atoms with Crippen molar-refractivity contribution in [3.8, 4) is 0 Å². The maximum Gasteiger partial charge on any atom is 0.339 e. The summed E-state index contributed by atoms with van der Waals surface area (Å²) in [6, 6.07) is 30.4. The van der Waals surface area contributed by atoms with Gasteiger partial charge in [0.2, 0.25) is 0 Å². The Morgan fingerprint density at radius 1 is 0.417 bits per heavy atom. The normalized spacial score (nSPS) is 21.6. The monoisotopic (exact) mass is 985 g/mol. The molecule has 4 aromatic carbocycles. The lowest BCUT2D eigenvalue weighted by Crippen LogP contribution is -2.35. The molecule has 4 saturated carbocycles. The fourth-order valence-electron chi connectivity index (χ4n) is 11.4. The average molecular weight is 985 g/mol. The second-order valence-electron chi connectivity index (χ2n) is 23.3. The Morgan fingerprint density at radius 2 is 0.694 bits per heavy atom. The first-order chi connectivity index (χ1) is 34.3. The summed E-state index contributed by atoms with van der Waals surface area (Å²) in [7, 11) is 0. The van der Waals surface area contributed by atoms with Crippen molar-refractivity contribution in [1.29, 1.82) is 0 Å². The Hall–Kier alpha value is -5.24. The highest BCUT2D eigenvalue weighted by Crippen LogP contribution is 2.41. The van der Waals surface area contributed by atoms with Gasteiger partial charge in [-0.25, -0.2) is 19.2 Å². The number of hydrogen-bond donors (Lipinski definition) is 0. The predicted molar refractivity (Wildman–Crippen MR) is 290 cm³/mol. The van der Waals surface area contributed by atoms with E-state index in [1.54, 1.807) is 48.5 Å². The van der Waals surface area contributed by atoms with Gasteiger partial charge >= 0.3 is 23.9 Å². The highest BCUT2D eigenvalue weighted by molar-refractivity contribution is 6.04. The molecule has 0 aromatic heterocycles. The fraction of sp³-hybridized carbons (Fsp3) is 0.562. The van der Waals surface area contributed by atoms with Crippen molar-refractivity contribution in [2.24, 2.45) is 34.5 Å². The highest BCUT2D eigenvalue weighted by Gasteiger charge is 2.37. The Morgan fingerprint density at radius 3 is 0.972 bits per heavy atom. The molecule has 0 spiro atoms. The van der Waals surface area contributed by atoms with E-state index in [4.69, 9.17) is 18.9 Å². The van der Waals surface area contributed by atoms with E-state index in [1.165, 1.54) is 60.8 Å². The number of ether oxygens (including phenoxy) is 4. The second-order valence-corrected chi connectivity index (χ2v) is 23.3. The van der Waals surface area contributed by atoms with Crippen molar-refractivity contribution in [2.45, 2.75) is 184 Å². The van der Waals surface area contributed by atoms with Crippen LogP contribution in [0.25, 0.3) is 0 Å². The van der Waals surface area contributed by atoms with Gasteiger partial charge in [0.05, 0.1) is 35.5 Å². The van der Waals surface area contributed by atoms with Gasteiger partial charge in [0.15, 0.2) is 0 Å². The van der Waals surface area contributed by atoms with E-state index in [0.29, 0.717) is 59.1 Å². The topological polar surface area (TPSA) is 105 Å². The molecule has 0 radical (unpaired) electrons. The van der Waals surface area contributed by atoms with Crippen molar-refractivity contribution in [2.75, 3.05) is 13.2 Å². The van der Waals surface area contributed by atoms with E-state index in [-0.39, 0.29) is 23.0 Å². The third-order valence-corrected chi connectivity index (χ3v) is 15.2. The molecule has 0 saturated heterocycles. The summed E-state index contributed by atoms with van der Waals surface area (Å²) < 4.78 is 22.7. The molecule has 0 heterocycles. The van der Waals surface area contributed by atoms with E-state index in [9.17, 15) is 19.2 Å². The summed E-state index contributed by atoms with van der Waals surface area (Å²) in [5.74, 6) is 0.272. The Balaban J connectivity index is 0.000000205. The first kappa shape index (κ1) is 57.7. The molecule has 4 unspecified atom stereocenters. The summed E-state index contributed by atoms with van der Waals surface area (Å²) in [5, 5.41) is 0. The molecule has 8 rings (SSSR count). The van der Waals surface area contributed by atoms with Gasteiger partial charge in [0, 0.05) is 0 Å². The molecule has 4 aromatic rings. The Bertz CT molecular complexity index is 2130. The number of hydrogen-bond acceptors (Lipinski definition) is 8. The molecule has 8 heteroatoms. The van der Waals surface area contributed by atoms with Gasteiger partial charge in [-0.2, -0.15) is 0 Å². The standard InChI is InChI=1S/C26H38O4.C22H30O4.2C8H10/c1-17-11-19(15-25(3,4)13-17)29-23(27)21-9-7-8-10-22(21)24(28)30-20-12-18(2)14-26(5,6)16-20;23-21(25-15-17-9-3-1-4-10-17)19-13-7-8-14-20(19)22(24)26-16-18-11-5-2-6-12-18;2*1-7-5-3-4-6-8(7)2/h7-10,17-20H,11-16H2,1-6H3;7-8,13-14,17-18H,1-6,9-12,15-16H2;2*3-6H,1-2H3. The van der Waals surface area contributed by atoms with Crippen molar-refractivity contribution >= 4 is 23.9 Å². The maximum absolute atomic E-state index is 13.0. The molecular weight excluding hydrogens is 897 g/mol. The number of rotatable bonds is 10. The third-order valence-electron chi connectivity index (χ3n) is 15.2. The molecule has 392 valence electrons. The van der Waals surface area contributed by atoms with Crippen LogP contribution in [0.2, 0.25) is 0 Å². The van der Waals surface area contributed by atoms with Gasteiger partial charge in [0.1, 0.15) is 12.2 Å². The maximum atomic E-state index is 13.0. The Labute approximate surface area is 433 Å². The highest BCUT2D eigenvalue weighted by atomic mass is 16.6. The van der Waals surface area contributed by atoms with Crippen LogP contribution < -0.4 is 0 Å². The lowest BCUT2D eigenvalue weighted by Gasteiger charge is -2.38. The minimum Gasteiger partial charge on any atom is -0.462 e. The van der Waals surface area contributed by atoms with Crippen molar-refractivity contribution in [1.82, 2.24) is 0 Å². The first-order valence-corrected chi connectivity index (χ1v) is 27.3. The lowest BCUT2D eigenvalue weighted by atomic mass is 9.71. The molecule has 4 atom stereocenters. The van der Waals surface area contributed by atoms with Crippen LogP contribution in [-0.4, -0.2) is 49.3 Å². The fourth-order valence-corrected chi connectivity index (χ4v) is 11.4. The number of esters is 4. The van der Waals surface area contributed by atoms with Gasteiger partial charge in [-0.1, -0.05) is 153 Å². The molecule has 4 aliphatic carbocycles. The van der Waals surface area contributed by atoms with Crippen molar-refractivity contribution in [3.63, 3.8) is 0 Å². The molecule has 8 nitrogen and oxygen atoms in total. The predicted octanol–water partition coefficient (Wildman–Crippen LogP) is 16.2. The molecular formula is C64H88O8. The van der Waals surface area contributed by atoms with E-state index in [0.717, 1.165) is 64.2 Å². The zero-order valence-corrected chi connectivity index (χ0v) is 45.7. The van der Waals surface area contributed by atoms with Crippen LogP contribution in [-0.2, 0) is 18.9 Å². The SMILES string of the molecule is CC1CC(OC(=O)c2ccccc2C(=O)OC2CC(C)CC(C)(C)C2)CC(C)(C)C1.Cc1ccccc1C.Cc1ccccc1C.O=C(OCC1CCCCC1)c1ccccc1C(=O)OCC1CCCCC1. The van der Waals surface area contributed by atoms with Gasteiger partial charge < -0.3 is 18.9 Å². The Kier molecular flexibility index (Phi) is 22.6. The molecule has 4 aliphatic rings. The number of carbonyl (C=O) groups is 4. The number of carbonyl (C=O) groups excluding carboxylic acids is 4. The van der Waals surface area contributed by atoms with Crippen molar-refractivity contribution < 1.29 is 38.1 Å². The van der Waals surface area contributed by atoms with E-state index >= 15 is 0 Å². The van der Waals surface area contributed by atoms with E-state index in [1.807, 2.05) is 0 Å². The molecule has 4 fully saturated rings. The van der Waals surface area contributed by atoms with Crippen LogP contribution in [0.3, 0.4) is 0 Å². The minimum atomic E-state index is -0.421. The van der Waals surface area contributed by atoms with Gasteiger partial charge in [-0.05, 0) is 173 Å². The minimum absolute atomic E-state index is 0.111. The van der Waals surface area contributed by atoms with Crippen LogP contribution in [0, 0.1) is 62.2 Å². The molecule has 0 amide bonds. The number of aryl methyl sites for hydroxylation is 4. The van der Waals surface area contributed by atoms with E-state index < -0.39 is 23.9 Å². The average Bonchev–Trinajstić information content (AvgIpc) is 3.34. The summed E-state index contributed by atoms with van der Waals surface area (Å²) >= 11 is 0. The van der Waals surface area contributed by atoms with Gasteiger partial charge in [-0.3, -0.25) is 0 Å². The quantitative estimate of drug-likeness (QED) is 0.114. The smallest absolute Gasteiger partial charge is 0.339 e.